The highest BCUT2D eigenvalue weighted by Gasteiger charge is 2.19. The van der Waals surface area contributed by atoms with Gasteiger partial charge < -0.3 is 29.8 Å². The first-order valence-electron chi connectivity index (χ1n) is 24.4. The van der Waals surface area contributed by atoms with E-state index < -0.39 is 10.9 Å². The van der Waals surface area contributed by atoms with Crippen molar-refractivity contribution < 1.29 is 19.1 Å². The van der Waals surface area contributed by atoms with Crippen molar-refractivity contribution in [1.82, 2.24) is 4.90 Å². The third kappa shape index (κ3) is 30.7. The molecule has 0 fully saturated rings. The quantitative estimate of drug-likeness (QED) is 0.0288. The molecule has 0 aliphatic rings. The summed E-state index contributed by atoms with van der Waals surface area (Å²) in [5.41, 5.74) is -0.0611. The van der Waals surface area contributed by atoms with E-state index in [4.69, 9.17) is 9.47 Å². The van der Waals surface area contributed by atoms with Crippen LogP contribution in [0.1, 0.15) is 220 Å². The Morgan fingerprint density at radius 1 is 0.603 bits per heavy atom. The van der Waals surface area contributed by atoms with E-state index in [9.17, 15) is 19.2 Å². The molecule has 0 unspecified atom stereocenters. The Bertz CT molecular complexity index is 1120. The number of unbranched alkanes of at least 4 members (excludes halogenated alkanes) is 17. The number of esters is 1. The molecule has 0 amide bonds. The second-order valence-corrected chi connectivity index (χ2v) is 16.7. The fourth-order valence-electron chi connectivity index (χ4n) is 7.87. The van der Waals surface area contributed by atoms with E-state index >= 15 is 0 Å². The van der Waals surface area contributed by atoms with Gasteiger partial charge in [0.15, 0.2) is 0 Å². The van der Waals surface area contributed by atoms with Gasteiger partial charge in [0.2, 0.25) is 0 Å². The zero-order valence-corrected chi connectivity index (χ0v) is 38.9. The van der Waals surface area contributed by atoms with E-state index in [-0.39, 0.29) is 5.97 Å². The number of carbonyl (C=O) groups is 2. The van der Waals surface area contributed by atoms with Gasteiger partial charge in [-0.2, -0.15) is 0 Å². The van der Waals surface area contributed by atoms with E-state index in [1.165, 1.54) is 116 Å². The van der Waals surface area contributed by atoms with Crippen LogP contribution in [0.4, 0.5) is 11.4 Å². The Hall–Kier alpha value is -2.26. The molecule has 0 aliphatic carbocycles. The van der Waals surface area contributed by atoms with Crippen molar-refractivity contribution in [2.45, 2.75) is 226 Å². The minimum absolute atomic E-state index is 0.0479. The summed E-state index contributed by atoms with van der Waals surface area (Å²) < 4.78 is 11.0. The van der Waals surface area contributed by atoms with Gasteiger partial charge in [0.05, 0.1) is 12.7 Å². The zero-order chi connectivity index (χ0) is 42.9. The standard InChI is InChI=1S/C33H59N3O5.C16H34O/c1-4-18-28(19-5-2)21-27-41-29(38)20-13-9-8-11-15-24-36(23-14-10-6-7-12-16-26-37)25-17-22-35-31-30(34-3)32(39)33(31)40;1-4-6-8-10-12-14-16(17-3)15-13-11-9-7-5-2/h26,28,34-35H,4-25,27H2,1-3H3;16H,4-15H2,1-3H3. The molecule has 0 radical (unpaired) electrons. The number of rotatable bonds is 42. The van der Waals surface area contributed by atoms with Crippen LogP contribution in [0, 0.1) is 5.92 Å². The highest BCUT2D eigenvalue weighted by molar-refractivity contribution is 5.73. The summed E-state index contributed by atoms with van der Waals surface area (Å²) >= 11 is 0. The summed E-state index contributed by atoms with van der Waals surface area (Å²) in [4.78, 5) is 48.4. The van der Waals surface area contributed by atoms with Gasteiger partial charge in [0.25, 0.3) is 10.9 Å². The number of nitrogens with one attached hydrogen (secondary N) is 2. The first-order chi connectivity index (χ1) is 28.3. The molecule has 0 bridgehead atoms. The Balaban J connectivity index is 0.00000160. The van der Waals surface area contributed by atoms with E-state index in [0.717, 1.165) is 90.1 Å². The second-order valence-electron chi connectivity index (χ2n) is 16.7. The minimum atomic E-state index is -0.440. The molecule has 0 heterocycles. The molecule has 0 atom stereocenters. The maximum atomic E-state index is 12.1. The van der Waals surface area contributed by atoms with E-state index in [1.807, 2.05) is 7.11 Å². The first kappa shape index (κ1) is 55.7. The topological polar surface area (TPSA) is 114 Å². The molecule has 1 rings (SSSR count). The Kier molecular flexibility index (Phi) is 39.9. The summed E-state index contributed by atoms with van der Waals surface area (Å²) in [5, 5.41) is 5.94. The van der Waals surface area contributed by atoms with Gasteiger partial charge in [-0.1, -0.05) is 156 Å². The summed E-state index contributed by atoms with van der Waals surface area (Å²) in [6.07, 6.45) is 36.7. The minimum Gasteiger partial charge on any atom is -0.466 e. The average molecular weight is 820 g/mol. The van der Waals surface area contributed by atoms with Crippen LogP contribution in [0.15, 0.2) is 9.59 Å². The highest BCUT2D eigenvalue weighted by Crippen LogP contribution is 2.19. The number of nitrogens with zero attached hydrogens (tertiary/aromatic N) is 1. The van der Waals surface area contributed by atoms with Gasteiger partial charge in [0.1, 0.15) is 17.7 Å². The van der Waals surface area contributed by atoms with Crippen molar-refractivity contribution >= 4 is 23.6 Å². The lowest BCUT2D eigenvalue weighted by Crippen LogP contribution is -2.37. The normalized spacial score (nSPS) is 11.4. The largest absolute Gasteiger partial charge is 0.466 e. The lowest BCUT2D eigenvalue weighted by atomic mass is 9.95. The third-order valence-corrected chi connectivity index (χ3v) is 11.5. The molecule has 1 aromatic rings. The van der Waals surface area contributed by atoms with Crippen LogP contribution in [0.5, 0.6) is 0 Å². The van der Waals surface area contributed by atoms with Crippen LogP contribution in [-0.4, -0.2) is 70.2 Å². The molecule has 58 heavy (non-hydrogen) atoms. The Morgan fingerprint density at radius 2 is 1.10 bits per heavy atom. The molecule has 2 N–H and O–H groups in total. The average Bonchev–Trinajstić information content (AvgIpc) is 3.22. The molecule has 0 aliphatic heterocycles. The number of methoxy groups -OCH3 is 1. The Labute approximate surface area is 357 Å². The maximum Gasteiger partial charge on any atom is 0.305 e. The molecule has 1 aromatic carbocycles. The van der Waals surface area contributed by atoms with Crippen molar-refractivity contribution in [2.24, 2.45) is 5.92 Å². The van der Waals surface area contributed by atoms with Gasteiger partial charge in [-0.15, -0.1) is 0 Å². The summed E-state index contributed by atoms with van der Waals surface area (Å²) in [7, 11) is 3.54. The van der Waals surface area contributed by atoms with Crippen molar-refractivity contribution in [2.75, 3.05) is 57.6 Å². The van der Waals surface area contributed by atoms with Crippen molar-refractivity contribution in [1.29, 1.82) is 0 Å². The van der Waals surface area contributed by atoms with Crippen molar-refractivity contribution in [3.05, 3.63) is 20.4 Å². The van der Waals surface area contributed by atoms with Gasteiger partial charge in [-0.05, 0) is 76.9 Å². The number of hydrogen-bond donors (Lipinski definition) is 2. The van der Waals surface area contributed by atoms with Crippen LogP contribution in [0.25, 0.3) is 0 Å². The van der Waals surface area contributed by atoms with Gasteiger partial charge >= 0.3 is 5.97 Å². The predicted molar refractivity (Wildman–Crippen MR) is 248 cm³/mol. The lowest BCUT2D eigenvalue weighted by molar-refractivity contribution is -0.144. The van der Waals surface area contributed by atoms with E-state index in [2.05, 4.69) is 43.2 Å². The molecule has 340 valence electrons. The first-order valence-corrected chi connectivity index (χ1v) is 24.4. The third-order valence-electron chi connectivity index (χ3n) is 11.5. The van der Waals surface area contributed by atoms with Crippen LogP contribution in [-0.2, 0) is 19.1 Å². The number of aldehydes is 1. The summed E-state index contributed by atoms with van der Waals surface area (Å²) in [5.74, 6) is 0.636. The van der Waals surface area contributed by atoms with E-state index in [0.29, 0.717) is 49.4 Å². The number of carbonyl (C=O) groups excluding carboxylic acids is 2. The number of anilines is 2. The van der Waals surface area contributed by atoms with E-state index in [1.54, 1.807) is 7.05 Å². The van der Waals surface area contributed by atoms with Gasteiger partial charge in [0, 0.05) is 33.5 Å². The number of hydrogen-bond acceptors (Lipinski definition) is 9. The maximum absolute atomic E-state index is 12.1. The molecule has 0 saturated heterocycles. The molecular formula is C49H93N3O6. The van der Waals surface area contributed by atoms with Crippen molar-refractivity contribution in [3.8, 4) is 0 Å². The fourth-order valence-corrected chi connectivity index (χ4v) is 7.87. The lowest BCUT2D eigenvalue weighted by Gasteiger charge is -2.23. The zero-order valence-electron chi connectivity index (χ0n) is 38.9. The van der Waals surface area contributed by atoms with Gasteiger partial charge in [-0.3, -0.25) is 14.4 Å². The van der Waals surface area contributed by atoms with Crippen LogP contribution < -0.4 is 21.5 Å². The summed E-state index contributed by atoms with van der Waals surface area (Å²) in [6, 6.07) is 0. The second kappa shape index (κ2) is 41.5. The molecule has 9 heteroatoms. The molecular weight excluding hydrogens is 727 g/mol. The summed E-state index contributed by atoms with van der Waals surface area (Å²) in [6.45, 7) is 13.3. The number of ether oxygens (including phenoxy) is 2. The molecule has 9 nitrogen and oxygen atoms in total. The Morgan fingerprint density at radius 3 is 1.64 bits per heavy atom. The molecule has 0 spiro atoms. The van der Waals surface area contributed by atoms with Crippen LogP contribution in [0.3, 0.4) is 0 Å². The smallest absolute Gasteiger partial charge is 0.305 e. The monoisotopic (exact) mass is 820 g/mol. The fraction of sp³-hybridized carbons (Fsp3) is 0.878. The molecule has 0 saturated carbocycles. The van der Waals surface area contributed by atoms with Crippen LogP contribution in [0.2, 0.25) is 0 Å². The highest BCUT2D eigenvalue weighted by atomic mass is 16.5. The van der Waals surface area contributed by atoms with Crippen LogP contribution >= 0.6 is 0 Å². The SMILES string of the molecule is CCCC(CCC)CCOC(=O)CCCCCCCN(CCCCCCCC=O)CCCNc1c(NC)c(=O)c1=O.CCCCCCCC(CCCCCCC)OC. The molecule has 0 aromatic heterocycles. The predicted octanol–water partition coefficient (Wildman–Crippen LogP) is 12.2. The van der Waals surface area contributed by atoms with Crippen molar-refractivity contribution in [3.63, 3.8) is 0 Å². The van der Waals surface area contributed by atoms with Gasteiger partial charge in [-0.25, -0.2) is 0 Å².